The number of amides is 1. The van der Waals surface area contributed by atoms with Crippen LogP contribution in [0, 0.1) is 0 Å². The molecule has 1 aliphatic rings. The Labute approximate surface area is 132 Å². The quantitative estimate of drug-likeness (QED) is 0.768. The molecule has 0 N–H and O–H groups in total. The van der Waals surface area contributed by atoms with Crippen LogP contribution in [0.1, 0.15) is 23.8 Å². The lowest BCUT2D eigenvalue weighted by atomic mass is 10.2. The number of morpholine rings is 1. The van der Waals surface area contributed by atoms with E-state index in [9.17, 15) is 9.59 Å². The number of methoxy groups -OCH3 is 1. The minimum absolute atomic E-state index is 0.0410. The molecule has 1 aromatic rings. The summed E-state index contributed by atoms with van der Waals surface area (Å²) < 4.78 is 12.9. The second-order valence-electron chi connectivity index (χ2n) is 4.85. The average molecular weight is 359 g/mol. The largest absolute Gasteiger partial charge is 0.469 e. The monoisotopic (exact) mass is 358 g/mol. The van der Waals surface area contributed by atoms with Gasteiger partial charge in [-0.15, -0.1) is 0 Å². The van der Waals surface area contributed by atoms with E-state index < -0.39 is 0 Å². The molecule has 1 fully saturated rings. The molecule has 1 saturated heterocycles. The Morgan fingerprint density at radius 2 is 2.29 bits per heavy atom. The number of halogens is 1. The van der Waals surface area contributed by atoms with Gasteiger partial charge in [0, 0.05) is 30.3 Å². The molecule has 1 aliphatic heterocycles. The molecular weight excluding hydrogens is 340 g/mol. The van der Waals surface area contributed by atoms with E-state index in [1.807, 2.05) is 23.8 Å². The van der Waals surface area contributed by atoms with E-state index in [1.165, 1.54) is 7.11 Å². The molecule has 2 heterocycles. The number of ether oxygens (including phenoxy) is 2. The van der Waals surface area contributed by atoms with Gasteiger partial charge in [0.2, 0.25) is 0 Å². The van der Waals surface area contributed by atoms with Crippen LogP contribution in [-0.2, 0) is 20.8 Å². The smallest absolute Gasteiger partial charge is 0.308 e. The van der Waals surface area contributed by atoms with Gasteiger partial charge in [0.25, 0.3) is 5.91 Å². The minimum Gasteiger partial charge on any atom is -0.469 e. The topological polar surface area (TPSA) is 60.8 Å². The Morgan fingerprint density at radius 3 is 2.95 bits per heavy atom. The number of aryl methyl sites for hydroxylation is 1. The SMILES string of the molecule is CCn1cc(Br)cc1C(=O)N1CCOC(CC(=O)OC)C1. The summed E-state index contributed by atoms with van der Waals surface area (Å²) in [6.07, 6.45) is 1.75. The molecule has 0 aliphatic carbocycles. The van der Waals surface area contributed by atoms with E-state index >= 15 is 0 Å². The van der Waals surface area contributed by atoms with Crippen molar-refractivity contribution in [3.05, 3.63) is 22.4 Å². The van der Waals surface area contributed by atoms with Crippen LogP contribution in [0.15, 0.2) is 16.7 Å². The Morgan fingerprint density at radius 1 is 1.52 bits per heavy atom. The molecule has 1 amide bonds. The highest BCUT2D eigenvalue weighted by Gasteiger charge is 2.28. The predicted octanol–water partition coefficient (Wildman–Crippen LogP) is 1.67. The van der Waals surface area contributed by atoms with Crippen molar-refractivity contribution in [3.63, 3.8) is 0 Å². The fourth-order valence-corrected chi connectivity index (χ4v) is 2.84. The third-order valence-electron chi connectivity index (χ3n) is 3.47. The van der Waals surface area contributed by atoms with Crippen molar-refractivity contribution in [1.82, 2.24) is 9.47 Å². The van der Waals surface area contributed by atoms with Crippen molar-refractivity contribution < 1.29 is 19.1 Å². The lowest BCUT2D eigenvalue weighted by molar-refractivity contribution is -0.145. The summed E-state index contributed by atoms with van der Waals surface area (Å²) in [5.74, 6) is -0.366. The van der Waals surface area contributed by atoms with E-state index in [0.29, 0.717) is 25.4 Å². The summed E-state index contributed by atoms with van der Waals surface area (Å²) in [4.78, 5) is 25.6. The highest BCUT2D eigenvalue weighted by atomic mass is 79.9. The fraction of sp³-hybridized carbons (Fsp3) is 0.571. The van der Waals surface area contributed by atoms with Crippen LogP contribution in [0.25, 0.3) is 0 Å². The van der Waals surface area contributed by atoms with Crippen molar-refractivity contribution in [3.8, 4) is 0 Å². The first-order valence-electron chi connectivity index (χ1n) is 6.88. The summed E-state index contributed by atoms with van der Waals surface area (Å²) in [5, 5.41) is 0. The molecule has 6 nitrogen and oxygen atoms in total. The molecule has 7 heteroatoms. The lowest BCUT2D eigenvalue weighted by Crippen LogP contribution is -2.46. The highest BCUT2D eigenvalue weighted by Crippen LogP contribution is 2.19. The van der Waals surface area contributed by atoms with Gasteiger partial charge in [-0.3, -0.25) is 9.59 Å². The molecule has 1 unspecified atom stereocenters. The first-order valence-corrected chi connectivity index (χ1v) is 7.67. The van der Waals surface area contributed by atoms with Gasteiger partial charge in [0.15, 0.2) is 0 Å². The van der Waals surface area contributed by atoms with E-state index in [4.69, 9.17) is 4.74 Å². The number of hydrogen-bond acceptors (Lipinski definition) is 4. The third-order valence-corrected chi connectivity index (χ3v) is 3.90. The minimum atomic E-state index is -0.325. The van der Waals surface area contributed by atoms with Crippen LogP contribution in [0.4, 0.5) is 0 Å². The van der Waals surface area contributed by atoms with Crippen molar-refractivity contribution >= 4 is 27.8 Å². The van der Waals surface area contributed by atoms with E-state index in [-0.39, 0.29) is 24.4 Å². The zero-order valence-corrected chi connectivity index (χ0v) is 13.8. The van der Waals surface area contributed by atoms with Gasteiger partial charge < -0.3 is 18.9 Å². The maximum atomic E-state index is 12.6. The van der Waals surface area contributed by atoms with Crippen molar-refractivity contribution in [2.45, 2.75) is 26.0 Å². The number of aromatic nitrogens is 1. The zero-order chi connectivity index (χ0) is 15.4. The van der Waals surface area contributed by atoms with E-state index in [1.54, 1.807) is 4.90 Å². The lowest BCUT2D eigenvalue weighted by Gasteiger charge is -2.32. The Kier molecular flexibility index (Phi) is 5.41. The summed E-state index contributed by atoms with van der Waals surface area (Å²) in [5.41, 5.74) is 0.642. The predicted molar refractivity (Wildman–Crippen MR) is 80.1 cm³/mol. The van der Waals surface area contributed by atoms with Gasteiger partial charge in [-0.1, -0.05) is 0 Å². The average Bonchev–Trinajstić information content (AvgIpc) is 2.87. The van der Waals surface area contributed by atoms with Crippen LogP contribution in [-0.4, -0.2) is 54.3 Å². The molecular formula is C14H19BrN2O4. The van der Waals surface area contributed by atoms with Gasteiger partial charge in [-0.05, 0) is 28.9 Å². The van der Waals surface area contributed by atoms with Crippen LogP contribution in [0.5, 0.6) is 0 Å². The van der Waals surface area contributed by atoms with Gasteiger partial charge >= 0.3 is 5.97 Å². The first kappa shape index (κ1) is 16.0. The maximum absolute atomic E-state index is 12.6. The molecule has 116 valence electrons. The maximum Gasteiger partial charge on any atom is 0.308 e. The molecule has 1 aromatic heterocycles. The molecule has 0 bridgehead atoms. The molecule has 0 radical (unpaired) electrons. The Balaban J connectivity index is 2.06. The summed E-state index contributed by atoms with van der Waals surface area (Å²) in [6, 6.07) is 1.82. The second kappa shape index (κ2) is 7.09. The number of hydrogen-bond donors (Lipinski definition) is 0. The van der Waals surface area contributed by atoms with Crippen LogP contribution < -0.4 is 0 Å². The first-order chi connectivity index (χ1) is 10.0. The summed E-state index contributed by atoms with van der Waals surface area (Å²) in [7, 11) is 1.35. The van der Waals surface area contributed by atoms with E-state index in [2.05, 4.69) is 20.7 Å². The number of rotatable bonds is 4. The normalized spacial score (nSPS) is 18.6. The number of nitrogens with zero attached hydrogens (tertiary/aromatic N) is 2. The molecule has 1 atom stereocenters. The van der Waals surface area contributed by atoms with Gasteiger partial charge in [-0.25, -0.2) is 0 Å². The Hall–Kier alpha value is -1.34. The number of esters is 1. The third kappa shape index (κ3) is 3.85. The molecule has 0 spiro atoms. The highest BCUT2D eigenvalue weighted by molar-refractivity contribution is 9.10. The van der Waals surface area contributed by atoms with Crippen LogP contribution >= 0.6 is 15.9 Å². The molecule has 0 aromatic carbocycles. The van der Waals surface area contributed by atoms with Gasteiger partial charge in [-0.2, -0.15) is 0 Å². The summed E-state index contributed by atoms with van der Waals surface area (Å²) in [6.45, 7) is 4.08. The standard InChI is InChI=1S/C14H19BrN2O4/c1-3-16-8-10(15)6-12(16)14(19)17-4-5-21-11(9-17)7-13(18)20-2/h6,8,11H,3-5,7,9H2,1-2H3. The van der Waals surface area contributed by atoms with Crippen molar-refractivity contribution in [2.24, 2.45) is 0 Å². The molecule has 0 saturated carbocycles. The number of carbonyl (C=O) groups is 2. The second-order valence-corrected chi connectivity index (χ2v) is 5.77. The Bertz CT molecular complexity index is 529. The van der Waals surface area contributed by atoms with Gasteiger partial charge in [0.05, 0.1) is 26.2 Å². The fourth-order valence-electron chi connectivity index (χ4n) is 2.37. The van der Waals surface area contributed by atoms with Gasteiger partial charge in [0.1, 0.15) is 5.69 Å². The van der Waals surface area contributed by atoms with E-state index in [0.717, 1.165) is 11.0 Å². The summed E-state index contributed by atoms with van der Waals surface area (Å²) >= 11 is 3.39. The van der Waals surface area contributed by atoms with Crippen LogP contribution in [0.3, 0.4) is 0 Å². The zero-order valence-electron chi connectivity index (χ0n) is 12.2. The van der Waals surface area contributed by atoms with Crippen molar-refractivity contribution in [1.29, 1.82) is 0 Å². The van der Waals surface area contributed by atoms with Crippen LogP contribution in [0.2, 0.25) is 0 Å². The van der Waals surface area contributed by atoms with Crippen molar-refractivity contribution in [2.75, 3.05) is 26.8 Å². The number of carbonyl (C=O) groups excluding carboxylic acids is 2. The molecule has 21 heavy (non-hydrogen) atoms. The molecule has 2 rings (SSSR count).